The predicted octanol–water partition coefficient (Wildman–Crippen LogP) is 4.65. The Bertz CT molecular complexity index is 958. The Hall–Kier alpha value is -3.32. The Kier molecular flexibility index (Phi) is 5.84. The number of rotatable bonds is 4. The van der Waals surface area contributed by atoms with Gasteiger partial charge >= 0.3 is 6.09 Å². The molecule has 0 aliphatic carbocycles. The summed E-state index contributed by atoms with van der Waals surface area (Å²) >= 11 is 0. The highest BCUT2D eigenvalue weighted by Crippen LogP contribution is 2.20. The third-order valence-corrected chi connectivity index (χ3v) is 3.83. The van der Waals surface area contributed by atoms with E-state index in [0.29, 0.717) is 18.4 Å². The van der Waals surface area contributed by atoms with Crippen molar-refractivity contribution in [3.8, 4) is 11.8 Å². The number of benzene rings is 3. The van der Waals surface area contributed by atoms with Crippen molar-refractivity contribution in [1.29, 1.82) is 0 Å². The van der Waals surface area contributed by atoms with Gasteiger partial charge < -0.3 is 10.1 Å². The van der Waals surface area contributed by atoms with Crippen molar-refractivity contribution < 1.29 is 13.9 Å². The summed E-state index contributed by atoms with van der Waals surface area (Å²) in [5.74, 6) is 5.78. The van der Waals surface area contributed by atoms with E-state index in [1.807, 2.05) is 42.5 Å². The molecule has 0 saturated heterocycles. The molecule has 130 valence electrons. The number of halogens is 1. The molecule has 26 heavy (non-hydrogen) atoms. The van der Waals surface area contributed by atoms with Crippen molar-refractivity contribution in [1.82, 2.24) is 5.32 Å². The SMILES string of the molecule is O=C(NCCC#Cc1ccc(F)c2ccccc12)OCc1ccccc1. The first-order chi connectivity index (χ1) is 12.7. The molecule has 0 aromatic heterocycles. The van der Waals surface area contributed by atoms with Crippen LogP contribution >= 0.6 is 0 Å². The molecule has 4 heteroatoms. The molecule has 0 aliphatic heterocycles. The van der Waals surface area contributed by atoms with Crippen LogP contribution in [0.4, 0.5) is 9.18 Å². The molecule has 0 radical (unpaired) electrons. The highest BCUT2D eigenvalue weighted by Gasteiger charge is 2.03. The molecule has 3 nitrogen and oxygen atoms in total. The average molecular weight is 347 g/mol. The molecule has 1 N–H and O–H groups in total. The lowest BCUT2D eigenvalue weighted by Gasteiger charge is -2.05. The summed E-state index contributed by atoms with van der Waals surface area (Å²) in [6.45, 7) is 0.625. The summed E-state index contributed by atoms with van der Waals surface area (Å²) in [7, 11) is 0. The number of nitrogens with one attached hydrogen (secondary N) is 1. The minimum absolute atomic E-state index is 0.236. The second-order valence-electron chi connectivity index (χ2n) is 5.68. The van der Waals surface area contributed by atoms with Gasteiger partial charge in [-0.2, -0.15) is 0 Å². The van der Waals surface area contributed by atoms with E-state index in [1.165, 1.54) is 6.07 Å². The fraction of sp³-hybridized carbons (Fsp3) is 0.136. The standard InChI is InChI=1S/C22H18FNO2/c23-21-14-13-18(19-11-4-5-12-20(19)21)10-6-7-15-24-22(25)26-16-17-8-2-1-3-9-17/h1-5,8-9,11-14H,7,15-16H2,(H,24,25). The monoisotopic (exact) mass is 347 g/mol. The highest BCUT2D eigenvalue weighted by atomic mass is 19.1. The molecule has 0 heterocycles. The number of hydrogen-bond donors (Lipinski definition) is 1. The van der Waals surface area contributed by atoms with Gasteiger partial charge in [0.05, 0.1) is 0 Å². The minimum Gasteiger partial charge on any atom is -0.445 e. The number of carbonyl (C=O) groups is 1. The van der Waals surface area contributed by atoms with Crippen LogP contribution in [0.2, 0.25) is 0 Å². The van der Waals surface area contributed by atoms with Crippen molar-refractivity contribution in [2.75, 3.05) is 6.54 Å². The minimum atomic E-state index is -0.470. The van der Waals surface area contributed by atoms with E-state index in [-0.39, 0.29) is 12.4 Å². The van der Waals surface area contributed by atoms with Crippen LogP contribution in [0.3, 0.4) is 0 Å². The lowest BCUT2D eigenvalue weighted by molar-refractivity contribution is 0.140. The van der Waals surface area contributed by atoms with Crippen molar-refractivity contribution >= 4 is 16.9 Å². The zero-order valence-corrected chi connectivity index (χ0v) is 14.2. The molecule has 0 saturated carbocycles. The van der Waals surface area contributed by atoms with Crippen LogP contribution in [-0.2, 0) is 11.3 Å². The summed E-state index contributed by atoms with van der Waals surface area (Å²) in [4.78, 5) is 11.6. The first-order valence-electron chi connectivity index (χ1n) is 8.35. The Morgan fingerprint density at radius 3 is 2.50 bits per heavy atom. The van der Waals surface area contributed by atoms with Gasteiger partial charge in [-0.05, 0) is 17.7 Å². The second kappa shape index (κ2) is 8.68. The Morgan fingerprint density at radius 2 is 1.69 bits per heavy atom. The predicted molar refractivity (Wildman–Crippen MR) is 100 cm³/mol. The lowest BCUT2D eigenvalue weighted by Crippen LogP contribution is -2.24. The lowest BCUT2D eigenvalue weighted by atomic mass is 10.0. The van der Waals surface area contributed by atoms with E-state index in [4.69, 9.17) is 4.74 Å². The van der Waals surface area contributed by atoms with E-state index in [9.17, 15) is 9.18 Å². The van der Waals surface area contributed by atoms with Crippen LogP contribution < -0.4 is 5.32 Å². The third kappa shape index (κ3) is 4.61. The van der Waals surface area contributed by atoms with Crippen LogP contribution in [-0.4, -0.2) is 12.6 Å². The Balaban J connectivity index is 1.49. The van der Waals surface area contributed by atoms with Gasteiger partial charge in [0, 0.05) is 29.3 Å². The quantitative estimate of drug-likeness (QED) is 0.551. The molecule has 0 aliphatic rings. The number of hydrogen-bond acceptors (Lipinski definition) is 2. The summed E-state index contributed by atoms with van der Waals surface area (Å²) in [5, 5.41) is 4.01. The normalized spacial score (nSPS) is 10.0. The van der Waals surface area contributed by atoms with E-state index < -0.39 is 6.09 Å². The number of alkyl carbamates (subject to hydrolysis) is 1. The first kappa shape index (κ1) is 17.5. The molecule has 3 aromatic carbocycles. The topological polar surface area (TPSA) is 38.3 Å². The van der Waals surface area contributed by atoms with Gasteiger partial charge in [0.2, 0.25) is 0 Å². The van der Waals surface area contributed by atoms with E-state index in [1.54, 1.807) is 18.2 Å². The van der Waals surface area contributed by atoms with Crippen LogP contribution in [0.25, 0.3) is 10.8 Å². The molecule has 0 spiro atoms. The summed E-state index contributed by atoms with van der Waals surface area (Å²) in [6, 6.07) is 19.8. The fourth-order valence-corrected chi connectivity index (χ4v) is 2.53. The number of amides is 1. The third-order valence-electron chi connectivity index (χ3n) is 3.83. The number of fused-ring (bicyclic) bond motifs is 1. The second-order valence-corrected chi connectivity index (χ2v) is 5.68. The molecule has 0 atom stereocenters. The number of carbonyl (C=O) groups excluding carboxylic acids is 1. The summed E-state index contributed by atoms with van der Waals surface area (Å²) < 4.78 is 18.9. The van der Waals surface area contributed by atoms with Gasteiger partial charge in [-0.3, -0.25) is 0 Å². The van der Waals surface area contributed by atoms with Gasteiger partial charge in [-0.25, -0.2) is 9.18 Å². The molecule has 3 aromatic rings. The molecule has 0 unspecified atom stereocenters. The summed E-state index contributed by atoms with van der Waals surface area (Å²) in [5.41, 5.74) is 1.71. The fourth-order valence-electron chi connectivity index (χ4n) is 2.53. The Morgan fingerprint density at radius 1 is 0.962 bits per heavy atom. The summed E-state index contributed by atoms with van der Waals surface area (Å²) in [6.07, 6.45) is 0.00876. The molecule has 1 amide bonds. The van der Waals surface area contributed by atoms with E-state index in [2.05, 4.69) is 17.2 Å². The molecule has 3 rings (SSSR count). The zero-order chi connectivity index (χ0) is 18.2. The van der Waals surface area contributed by atoms with Crippen molar-refractivity contribution in [2.24, 2.45) is 0 Å². The maximum Gasteiger partial charge on any atom is 0.407 e. The zero-order valence-electron chi connectivity index (χ0n) is 14.2. The van der Waals surface area contributed by atoms with Gasteiger partial charge in [0.1, 0.15) is 12.4 Å². The van der Waals surface area contributed by atoms with Crippen LogP contribution in [0.15, 0.2) is 66.7 Å². The largest absolute Gasteiger partial charge is 0.445 e. The van der Waals surface area contributed by atoms with Gasteiger partial charge in [0.25, 0.3) is 0 Å². The Labute approximate surface area is 151 Å². The molecule has 0 bridgehead atoms. The maximum absolute atomic E-state index is 13.8. The van der Waals surface area contributed by atoms with Gasteiger partial charge in [-0.15, -0.1) is 0 Å². The molecular weight excluding hydrogens is 329 g/mol. The van der Waals surface area contributed by atoms with Gasteiger partial charge in [0.15, 0.2) is 0 Å². The van der Waals surface area contributed by atoms with Gasteiger partial charge in [-0.1, -0.05) is 66.4 Å². The van der Waals surface area contributed by atoms with Crippen molar-refractivity contribution in [2.45, 2.75) is 13.0 Å². The highest BCUT2D eigenvalue weighted by molar-refractivity contribution is 5.88. The maximum atomic E-state index is 13.8. The van der Waals surface area contributed by atoms with E-state index in [0.717, 1.165) is 16.5 Å². The van der Waals surface area contributed by atoms with Crippen molar-refractivity contribution in [3.05, 3.63) is 83.7 Å². The number of ether oxygens (including phenoxy) is 1. The molecule has 0 fully saturated rings. The first-order valence-corrected chi connectivity index (χ1v) is 8.35. The van der Waals surface area contributed by atoms with Crippen molar-refractivity contribution in [3.63, 3.8) is 0 Å². The van der Waals surface area contributed by atoms with Crippen LogP contribution in [0, 0.1) is 17.7 Å². The van der Waals surface area contributed by atoms with Crippen LogP contribution in [0.5, 0.6) is 0 Å². The van der Waals surface area contributed by atoms with E-state index >= 15 is 0 Å². The van der Waals surface area contributed by atoms with Crippen LogP contribution in [0.1, 0.15) is 17.5 Å². The smallest absolute Gasteiger partial charge is 0.407 e. The molecular formula is C22H18FNO2. The average Bonchev–Trinajstić information content (AvgIpc) is 2.69.